The van der Waals surface area contributed by atoms with E-state index in [-0.39, 0.29) is 0 Å². The molecule has 1 fully saturated rings. The standard InChI is InChI=1S/C12H18N2O3/c13-9-1-3-10(4-2-9)17-6-5-14-7-11(15)12(16)8-14/h1-4,11-12,15-16H,5-8,13H2. The molecule has 0 aromatic heterocycles. The van der Waals surface area contributed by atoms with E-state index in [9.17, 15) is 10.2 Å². The summed E-state index contributed by atoms with van der Waals surface area (Å²) in [6.07, 6.45) is -1.27. The van der Waals surface area contributed by atoms with Crippen LogP contribution >= 0.6 is 0 Å². The number of nitrogen functional groups attached to an aromatic ring is 1. The van der Waals surface area contributed by atoms with E-state index >= 15 is 0 Å². The van der Waals surface area contributed by atoms with Gasteiger partial charge in [-0.1, -0.05) is 0 Å². The van der Waals surface area contributed by atoms with Crippen LogP contribution in [0.5, 0.6) is 5.75 Å². The fourth-order valence-corrected chi connectivity index (χ4v) is 1.89. The first kappa shape index (κ1) is 12.2. The number of nitrogens with zero attached hydrogens (tertiary/aromatic N) is 1. The molecule has 5 heteroatoms. The summed E-state index contributed by atoms with van der Waals surface area (Å²) in [7, 11) is 0. The number of likely N-dealkylation sites (tertiary alicyclic amines) is 1. The molecule has 2 rings (SSSR count). The van der Waals surface area contributed by atoms with Crippen molar-refractivity contribution in [2.45, 2.75) is 12.2 Å². The fourth-order valence-electron chi connectivity index (χ4n) is 1.89. The molecule has 0 aliphatic carbocycles. The van der Waals surface area contributed by atoms with Crippen LogP contribution in [0.15, 0.2) is 24.3 Å². The zero-order valence-corrected chi connectivity index (χ0v) is 9.62. The Labute approximate surface area is 100 Å². The molecule has 0 spiro atoms. The Morgan fingerprint density at radius 3 is 2.35 bits per heavy atom. The molecular weight excluding hydrogens is 220 g/mol. The summed E-state index contributed by atoms with van der Waals surface area (Å²) in [6, 6.07) is 7.23. The van der Waals surface area contributed by atoms with Crippen LogP contribution in [0.3, 0.4) is 0 Å². The van der Waals surface area contributed by atoms with Gasteiger partial charge in [-0.15, -0.1) is 0 Å². The third kappa shape index (κ3) is 3.33. The van der Waals surface area contributed by atoms with Gasteiger partial charge < -0.3 is 20.7 Å². The maximum Gasteiger partial charge on any atom is 0.119 e. The lowest BCUT2D eigenvalue weighted by Crippen LogP contribution is -2.27. The zero-order chi connectivity index (χ0) is 12.3. The summed E-state index contributed by atoms with van der Waals surface area (Å²) in [4.78, 5) is 1.98. The zero-order valence-electron chi connectivity index (χ0n) is 9.62. The van der Waals surface area contributed by atoms with E-state index < -0.39 is 12.2 Å². The lowest BCUT2D eigenvalue weighted by Gasteiger charge is -2.15. The molecule has 2 unspecified atom stereocenters. The van der Waals surface area contributed by atoms with Gasteiger partial charge in [0.05, 0.1) is 12.2 Å². The average Bonchev–Trinajstić information content (AvgIpc) is 2.61. The van der Waals surface area contributed by atoms with E-state index in [0.29, 0.717) is 31.9 Å². The topological polar surface area (TPSA) is 79.0 Å². The normalized spacial score (nSPS) is 25.1. The average molecular weight is 238 g/mol. The van der Waals surface area contributed by atoms with Gasteiger partial charge in [0.15, 0.2) is 0 Å². The Hall–Kier alpha value is -1.30. The Bertz CT molecular complexity index is 345. The van der Waals surface area contributed by atoms with Crippen LogP contribution in [-0.2, 0) is 0 Å². The second kappa shape index (κ2) is 5.35. The number of β-amino-alcohol motifs (C(OH)–C–C–N with tert-alkyl or cyclic N) is 2. The predicted octanol–water partition coefficient (Wildman–Crippen LogP) is -0.315. The monoisotopic (exact) mass is 238 g/mol. The molecule has 0 radical (unpaired) electrons. The number of nitrogens with two attached hydrogens (primary N) is 1. The molecule has 1 aliphatic heterocycles. The van der Waals surface area contributed by atoms with Crippen LogP contribution in [0, 0.1) is 0 Å². The molecule has 0 amide bonds. The second-order valence-corrected chi connectivity index (χ2v) is 4.31. The summed E-state index contributed by atoms with van der Waals surface area (Å²) in [5, 5.41) is 18.7. The van der Waals surface area contributed by atoms with Gasteiger partial charge in [-0.3, -0.25) is 4.90 Å². The van der Waals surface area contributed by atoms with E-state index in [4.69, 9.17) is 10.5 Å². The number of aliphatic hydroxyl groups excluding tert-OH is 2. The summed E-state index contributed by atoms with van der Waals surface area (Å²) < 4.78 is 5.53. The highest BCUT2D eigenvalue weighted by Gasteiger charge is 2.28. The number of aliphatic hydroxyl groups is 2. The largest absolute Gasteiger partial charge is 0.492 e. The first-order valence-electron chi connectivity index (χ1n) is 5.72. The Morgan fingerprint density at radius 2 is 1.76 bits per heavy atom. The highest BCUT2D eigenvalue weighted by molar-refractivity contribution is 5.41. The minimum absolute atomic E-state index is 0.506. The number of ether oxygens (including phenoxy) is 1. The fraction of sp³-hybridized carbons (Fsp3) is 0.500. The van der Waals surface area contributed by atoms with Gasteiger partial charge in [0.2, 0.25) is 0 Å². The van der Waals surface area contributed by atoms with Crippen molar-refractivity contribution >= 4 is 5.69 Å². The Balaban J connectivity index is 1.71. The van der Waals surface area contributed by atoms with Crippen molar-refractivity contribution in [2.24, 2.45) is 0 Å². The van der Waals surface area contributed by atoms with Crippen LogP contribution in [0.1, 0.15) is 0 Å². The van der Waals surface area contributed by atoms with Crippen molar-refractivity contribution in [2.75, 3.05) is 32.0 Å². The highest BCUT2D eigenvalue weighted by atomic mass is 16.5. The van der Waals surface area contributed by atoms with Gasteiger partial charge in [-0.25, -0.2) is 0 Å². The molecule has 1 saturated heterocycles. The number of hydrogen-bond acceptors (Lipinski definition) is 5. The van der Waals surface area contributed by atoms with E-state index in [2.05, 4.69) is 0 Å². The third-order valence-electron chi connectivity index (χ3n) is 2.89. The number of anilines is 1. The first-order valence-corrected chi connectivity index (χ1v) is 5.72. The van der Waals surface area contributed by atoms with Crippen molar-refractivity contribution in [1.82, 2.24) is 4.90 Å². The van der Waals surface area contributed by atoms with Gasteiger partial charge in [0, 0.05) is 25.3 Å². The van der Waals surface area contributed by atoms with Crippen LogP contribution < -0.4 is 10.5 Å². The highest BCUT2D eigenvalue weighted by Crippen LogP contribution is 2.14. The van der Waals surface area contributed by atoms with Crippen molar-refractivity contribution in [3.63, 3.8) is 0 Å². The van der Waals surface area contributed by atoms with Gasteiger partial charge in [0.25, 0.3) is 0 Å². The van der Waals surface area contributed by atoms with Crippen LogP contribution in [0.2, 0.25) is 0 Å². The van der Waals surface area contributed by atoms with Gasteiger partial charge in [0.1, 0.15) is 12.4 Å². The summed E-state index contributed by atoms with van der Waals surface area (Å²) in [6.45, 7) is 2.24. The van der Waals surface area contributed by atoms with Gasteiger partial charge in [-0.2, -0.15) is 0 Å². The molecule has 1 aliphatic rings. The van der Waals surface area contributed by atoms with E-state index in [0.717, 1.165) is 5.75 Å². The molecule has 0 saturated carbocycles. The molecule has 4 N–H and O–H groups in total. The van der Waals surface area contributed by atoms with Crippen LogP contribution in [-0.4, -0.2) is 53.6 Å². The Kier molecular flexibility index (Phi) is 3.83. The Morgan fingerprint density at radius 1 is 1.18 bits per heavy atom. The van der Waals surface area contributed by atoms with E-state index in [1.165, 1.54) is 0 Å². The van der Waals surface area contributed by atoms with Crippen molar-refractivity contribution in [3.05, 3.63) is 24.3 Å². The van der Waals surface area contributed by atoms with Crippen molar-refractivity contribution in [1.29, 1.82) is 0 Å². The smallest absolute Gasteiger partial charge is 0.119 e. The summed E-state index contributed by atoms with van der Waals surface area (Å²) in [5.41, 5.74) is 6.28. The lowest BCUT2D eigenvalue weighted by atomic mass is 10.3. The minimum Gasteiger partial charge on any atom is -0.492 e. The summed E-state index contributed by atoms with van der Waals surface area (Å²) >= 11 is 0. The molecule has 94 valence electrons. The van der Waals surface area contributed by atoms with Crippen LogP contribution in [0.4, 0.5) is 5.69 Å². The van der Waals surface area contributed by atoms with Gasteiger partial charge in [-0.05, 0) is 24.3 Å². The molecule has 17 heavy (non-hydrogen) atoms. The minimum atomic E-state index is -0.633. The molecule has 1 heterocycles. The molecule has 2 atom stereocenters. The maximum atomic E-state index is 9.37. The molecule has 5 nitrogen and oxygen atoms in total. The molecule has 0 bridgehead atoms. The lowest BCUT2D eigenvalue weighted by molar-refractivity contribution is 0.0572. The first-order chi connectivity index (χ1) is 8.15. The number of benzene rings is 1. The van der Waals surface area contributed by atoms with Crippen molar-refractivity contribution < 1.29 is 14.9 Å². The molecule has 1 aromatic rings. The third-order valence-corrected chi connectivity index (χ3v) is 2.89. The maximum absolute atomic E-state index is 9.37. The van der Waals surface area contributed by atoms with E-state index in [1.807, 2.05) is 17.0 Å². The molecular formula is C12H18N2O3. The number of hydrogen-bond donors (Lipinski definition) is 3. The van der Waals surface area contributed by atoms with Gasteiger partial charge >= 0.3 is 0 Å². The predicted molar refractivity (Wildman–Crippen MR) is 64.8 cm³/mol. The van der Waals surface area contributed by atoms with Crippen molar-refractivity contribution in [3.8, 4) is 5.75 Å². The van der Waals surface area contributed by atoms with Crippen LogP contribution in [0.25, 0.3) is 0 Å². The second-order valence-electron chi connectivity index (χ2n) is 4.31. The SMILES string of the molecule is Nc1ccc(OCCN2CC(O)C(O)C2)cc1. The summed E-state index contributed by atoms with van der Waals surface area (Å²) in [5.74, 6) is 0.777. The number of rotatable bonds is 4. The van der Waals surface area contributed by atoms with E-state index in [1.54, 1.807) is 12.1 Å². The molecule has 1 aromatic carbocycles. The quantitative estimate of drug-likeness (QED) is 0.627.